The maximum absolute atomic E-state index is 12.7. The zero-order valence-electron chi connectivity index (χ0n) is 14.8. The highest BCUT2D eigenvalue weighted by molar-refractivity contribution is 7.98. The third kappa shape index (κ3) is 4.73. The molecule has 0 spiro atoms. The second kappa shape index (κ2) is 8.50. The van der Waals surface area contributed by atoms with Crippen molar-refractivity contribution in [1.29, 1.82) is 0 Å². The van der Waals surface area contributed by atoms with Crippen LogP contribution < -0.4 is 5.32 Å². The average Bonchev–Trinajstić information content (AvgIpc) is 3.11. The van der Waals surface area contributed by atoms with E-state index in [2.05, 4.69) is 20.2 Å². The van der Waals surface area contributed by atoms with Crippen molar-refractivity contribution in [1.82, 2.24) is 10.1 Å². The third-order valence-corrected chi connectivity index (χ3v) is 4.67. The van der Waals surface area contributed by atoms with Gasteiger partial charge in [-0.2, -0.15) is 4.98 Å². The van der Waals surface area contributed by atoms with Crippen LogP contribution in [-0.2, 0) is 10.5 Å². The SMILES string of the molecule is COC(=O)c1ccc(NC(=O)c2ccccc2SCc2nc(C)no2)cc1. The average molecular weight is 383 g/mol. The van der Waals surface area contributed by atoms with Crippen molar-refractivity contribution < 1.29 is 18.8 Å². The van der Waals surface area contributed by atoms with Gasteiger partial charge >= 0.3 is 5.97 Å². The van der Waals surface area contributed by atoms with Crippen LogP contribution in [0.4, 0.5) is 5.69 Å². The van der Waals surface area contributed by atoms with E-state index in [-0.39, 0.29) is 5.91 Å². The molecule has 7 nitrogen and oxygen atoms in total. The van der Waals surface area contributed by atoms with E-state index < -0.39 is 5.97 Å². The normalized spacial score (nSPS) is 10.4. The van der Waals surface area contributed by atoms with Gasteiger partial charge in [0.15, 0.2) is 5.82 Å². The fraction of sp³-hybridized carbons (Fsp3) is 0.158. The molecule has 2 aromatic carbocycles. The molecule has 0 radical (unpaired) electrons. The summed E-state index contributed by atoms with van der Waals surface area (Å²) in [5.41, 5.74) is 1.54. The number of amides is 1. The number of carbonyl (C=O) groups is 2. The van der Waals surface area contributed by atoms with Crippen molar-refractivity contribution in [3.63, 3.8) is 0 Å². The predicted octanol–water partition coefficient (Wildman–Crippen LogP) is 3.71. The van der Waals surface area contributed by atoms with Crippen molar-refractivity contribution >= 4 is 29.3 Å². The van der Waals surface area contributed by atoms with Gasteiger partial charge in [-0.1, -0.05) is 17.3 Å². The van der Waals surface area contributed by atoms with Crippen molar-refractivity contribution in [2.45, 2.75) is 17.6 Å². The lowest BCUT2D eigenvalue weighted by Crippen LogP contribution is -2.13. The van der Waals surface area contributed by atoms with E-state index in [1.807, 2.05) is 12.1 Å². The molecule has 3 rings (SSSR count). The van der Waals surface area contributed by atoms with Crippen LogP contribution in [0.25, 0.3) is 0 Å². The maximum Gasteiger partial charge on any atom is 0.337 e. The number of aromatic nitrogens is 2. The number of methoxy groups -OCH3 is 1. The minimum absolute atomic E-state index is 0.245. The van der Waals surface area contributed by atoms with Crippen LogP contribution in [0.15, 0.2) is 57.9 Å². The molecule has 1 amide bonds. The van der Waals surface area contributed by atoms with E-state index in [1.165, 1.54) is 18.9 Å². The van der Waals surface area contributed by atoms with Gasteiger partial charge in [-0.25, -0.2) is 4.79 Å². The number of anilines is 1. The Balaban J connectivity index is 1.70. The topological polar surface area (TPSA) is 94.3 Å². The summed E-state index contributed by atoms with van der Waals surface area (Å²) in [6.45, 7) is 1.75. The first-order valence-corrected chi connectivity index (χ1v) is 9.06. The molecule has 8 heteroatoms. The Kier molecular flexibility index (Phi) is 5.87. The lowest BCUT2D eigenvalue weighted by Gasteiger charge is -2.09. The molecule has 0 atom stereocenters. The van der Waals surface area contributed by atoms with E-state index in [4.69, 9.17) is 4.52 Å². The van der Waals surface area contributed by atoms with Crippen molar-refractivity contribution in [2.75, 3.05) is 12.4 Å². The number of hydrogen-bond acceptors (Lipinski definition) is 7. The van der Waals surface area contributed by atoms with E-state index in [0.717, 1.165) is 4.90 Å². The van der Waals surface area contributed by atoms with Crippen LogP contribution in [0.1, 0.15) is 32.4 Å². The van der Waals surface area contributed by atoms with Gasteiger partial charge in [0.25, 0.3) is 5.91 Å². The largest absolute Gasteiger partial charge is 0.465 e. The molecule has 0 aliphatic heterocycles. The number of nitrogens with one attached hydrogen (secondary N) is 1. The number of aryl methyl sites for hydroxylation is 1. The molecule has 1 heterocycles. The molecule has 0 bridgehead atoms. The summed E-state index contributed by atoms with van der Waals surface area (Å²) in [7, 11) is 1.32. The van der Waals surface area contributed by atoms with Crippen molar-refractivity contribution in [3.8, 4) is 0 Å². The number of esters is 1. The Morgan fingerprint density at radius 1 is 1.15 bits per heavy atom. The Labute approximate surface area is 160 Å². The zero-order chi connectivity index (χ0) is 19.2. The number of ether oxygens (including phenoxy) is 1. The molecule has 0 saturated heterocycles. The van der Waals surface area contributed by atoms with Crippen LogP contribution in [-0.4, -0.2) is 29.1 Å². The Morgan fingerprint density at radius 2 is 1.89 bits per heavy atom. The van der Waals surface area contributed by atoms with Gasteiger partial charge in [0.05, 0.1) is 24.0 Å². The molecule has 0 unspecified atom stereocenters. The zero-order valence-corrected chi connectivity index (χ0v) is 15.6. The van der Waals surface area contributed by atoms with Crippen LogP contribution in [0.3, 0.4) is 0 Å². The van der Waals surface area contributed by atoms with E-state index in [0.29, 0.717) is 34.3 Å². The summed E-state index contributed by atoms with van der Waals surface area (Å²) >= 11 is 1.44. The van der Waals surface area contributed by atoms with Gasteiger partial charge < -0.3 is 14.6 Å². The molecule has 1 aromatic heterocycles. The van der Waals surface area contributed by atoms with Crippen molar-refractivity contribution in [2.24, 2.45) is 0 Å². The highest BCUT2D eigenvalue weighted by Crippen LogP contribution is 2.26. The molecule has 3 aromatic rings. The Bertz CT molecular complexity index is 954. The van der Waals surface area contributed by atoms with E-state index >= 15 is 0 Å². The molecule has 138 valence electrons. The molecule has 1 N–H and O–H groups in total. The smallest absolute Gasteiger partial charge is 0.337 e. The van der Waals surface area contributed by atoms with Gasteiger partial charge in [0.1, 0.15) is 0 Å². The second-order valence-corrected chi connectivity index (χ2v) is 6.56. The van der Waals surface area contributed by atoms with Crippen LogP contribution in [0, 0.1) is 6.92 Å². The predicted molar refractivity (Wildman–Crippen MR) is 101 cm³/mol. The molecule has 27 heavy (non-hydrogen) atoms. The summed E-state index contributed by atoms with van der Waals surface area (Å²) in [6.07, 6.45) is 0. The van der Waals surface area contributed by atoms with Gasteiger partial charge in [0, 0.05) is 10.6 Å². The molecular weight excluding hydrogens is 366 g/mol. The first-order valence-electron chi connectivity index (χ1n) is 8.07. The Morgan fingerprint density at radius 3 is 2.56 bits per heavy atom. The quantitative estimate of drug-likeness (QED) is 0.512. The lowest BCUT2D eigenvalue weighted by atomic mass is 10.2. The highest BCUT2D eigenvalue weighted by atomic mass is 32.2. The summed E-state index contributed by atoms with van der Waals surface area (Å²) in [5, 5.41) is 6.59. The lowest BCUT2D eigenvalue weighted by molar-refractivity contribution is 0.0600. The second-order valence-electron chi connectivity index (χ2n) is 5.54. The number of carbonyl (C=O) groups excluding carboxylic acids is 2. The summed E-state index contributed by atoms with van der Waals surface area (Å²) in [4.78, 5) is 29.1. The monoisotopic (exact) mass is 383 g/mol. The summed E-state index contributed by atoms with van der Waals surface area (Å²) < 4.78 is 9.76. The summed E-state index contributed by atoms with van der Waals surface area (Å²) in [6, 6.07) is 13.8. The molecule has 0 aliphatic rings. The molecule has 0 saturated carbocycles. The highest BCUT2D eigenvalue weighted by Gasteiger charge is 2.14. The first-order chi connectivity index (χ1) is 13.1. The molecule has 0 fully saturated rings. The minimum Gasteiger partial charge on any atom is -0.465 e. The van der Waals surface area contributed by atoms with Gasteiger partial charge in [0.2, 0.25) is 5.89 Å². The van der Waals surface area contributed by atoms with Crippen molar-refractivity contribution in [3.05, 3.63) is 71.4 Å². The standard InChI is InChI=1S/C19H17N3O4S/c1-12-20-17(26-22-12)11-27-16-6-4-3-5-15(16)18(23)21-14-9-7-13(8-10-14)19(24)25-2/h3-10H,11H2,1-2H3,(H,21,23). The number of thioether (sulfide) groups is 1. The maximum atomic E-state index is 12.7. The first kappa shape index (κ1) is 18.7. The summed E-state index contributed by atoms with van der Waals surface area (Å²) in [5.74, 6) is 0.883. The van der Waals surface area contributed by atoms with Gasteiger partial charge in [-0.3, -0.25) is 4.79 Å². The van der Waals surface area contributed by atoms with Crippen LogP contribution in [0.5, 0.6) is 0 Å². The molecule has 0 aliphatic carbocycles. The van der Waals surface area contributed by atoms with E-state index in [9.17, 15) is 9.59 Å². The van der Waals surface area contributed by atoms with E-state index in [1.54, 1.807) is 43.3 Å². The molecular formula is C19H17N3O4S. The minimum atomic E-state index is -0.425. The number of nitrogens with zero attached hydrogens (tertiary/aromatic N) is 2. The van der Waals surface area contributed by atoms with Crippen LogP contribution in [0.2, 0.25) is 0 Å². The fourth-order valence-corrected chi connectivity index (χ4v) is 3.21. The number of hydrogen-bond donors (Lipinski definition) is 1. The van der Waals surface area contributed by atoms with Gasteiger partial charge in [-0.05, 0) is 43.3 Å². The number of rotatable bonds is 6. The van der Waals surface area contributed by atoms with Gasteiger partial charge in [-0.15, -0.1) is 11.8 Å². The number of benzene rings is 2. The van der Waals surface area contributed by atoms with Crippen LogP contribution >= 0.6 is 11.8 Å². The fourth-order valence-electron chi connectivity index (χ4n) is 2.32. The third-order valence-electron chi connectivity index (χ3n) is 3.62. The Hall–Kier alpha value is -3.13.